The molecular formula is C6H8I2N2S. The Balaban J connectivity index is 3.17. The van der Waals surface area contributed by atoms with E-state index in [1.807, 2.05) is 14.1 Å². The zero-order valence-electron chi connectivity index (χ0n) is 6.16. The lowest BCUT2D eigenvalue weighted by Crippen LogP contribution is -1.94. The molecule has 0 amide bonds. The summed E-state index contributed by atoms with van der Waals surface area (Å²) in [7, 11) is 3.89. The molecule has 0 radical (unpaired) electrons. The minimum Gasteiger partial charge on any atom is -0.385 e. The third-order valence-electron chi connectivity index (χ3n) is 1.32. The molecule has 1 aromatic heterocycles. The van der Waals surface area contributed by atoms with E-state index in [9.17, 15) is 0 Å². The van der Waals surface area contributed by atoms with Crippen molar-refractivity contribution in [3.63, 3.8) is 0 Å². The van der Waals surface area contributed by atoms with E-state index >= 15 is 0 Å². The van der Waals surface area contributed by atoms with Crippen LogP contribution in [-0.4, -0.2) is 14.1 Å². The fourth-order valence-electron chi connectivity index (χ4n) is 0.824. The lowest BCUT2D eigenvalue weighted by atomic mass is 10.4. The lowest BCUT2D eigenvalue weighted by Gasteiger charge is -2.02. The first-order chi connectivity index (χ1) is 5.20. The molecule has 1 heterocycles. The van der Waals surface area contributed by atoms with E-state index in [0.29, 0.717) is 0 Å². The van der Waals surface area contributed by atoms with Gasteiger partial charge in [0.2, 0.25) is 0 Å². The van der Waals surface area contributed by atoms with Gasteiger partial charge in [0.15, 0.2) is 0 Å². The summed E-state index contributed by atoms with van der Waals surface area (Å²) in [5.41, 5.74) is 2.42. The Bertz CT molecular complexity index is 235. The summed E-state index contributed by atoms with van der Waals surface area (Å²) in [6.45, 7) is 0. The summed E-state index contributed by atoms with van der Waals surface area (Å²) >= 11 is 6.48. The molecule has 5 heteroatoms. The van der Waals surface area contributed by atoms with E-state index in [1.54, 1.807) is 11.3 Å². The number of halogens is 2. The van der Waals surface area contributed by atoms with Crippen molar-refractivity contribution >= 4 is 67.9 Å². The highest BCUT2D eigenvalue weighted by Gasteiger charge is 2.11. The molecule has 0 unspecified atom stereocenters. The van der Waals surface area contributed by atoms with Crippen molar-refractivity contribution in [2.75, 3.05) is 24.7 Å². The van der Waals surface area contributed by atoms with Crippen molar-refractivity contribution in [2.45, 2.75) is 0 Å². The zero-order chi connectivity index (χ0) is 8.43. The molecule has 0 saturated carbocycles. The van der Waals surface area contributed by atoms with Crippen LogP contribution in [0.25, 0.3) is 0 Å². The van der Waals surface area contributed by atoms with Crippen LogP contribution in [0.1, 0.15) is 0 Å². The van der Waals surface area contributed by atoms with E-state index in [0.717, 1.165) is 0 Å². The highest BCUT2D eigenvalue weighted by atomic mass is 127. The van der Waals surface area contributed by atoms with Gasteiger partial charge in [-0.3, -0.25) is 0 Å². The fraction of sp³-hybridized carbons (Fsp3) is 0.333. The maximum Gasteiger partial charge on any atom is 0.0917 e. The summed E-state index contributed by atoms with van der Waals surface area (Å²) in [4.78, 5) is 0. The monoisotopic (exact) mass is 394 g/mol. The first-order valence-corrected chi connectivity index (χ1v) is 6.01. The molecule has 1 rings (SSSR count). The van der Waals surface area contributed by atoms with Crippen molar-refractivity contribution in [3.05, 3.63) is 5.77 Å². The Morgan fingerprint density at radius 2 is 1.36 bits per heavy atom. The largest absolute Gasteiger partial charge is 0.385 e. The maximum atomic E-state index is 3.17. The molecule has 1 aromatic rings. The second-order valence-corrected chi connectivity index (χ2v) is 6.54. The third kappa shape index (κ3) is 1.92. The molecule has 2 N–H and O–H groups in total. The van der Waals surface area contributed by atoms with Gasteiger partial charge < -0.3 is 10.6 Å². The molecule has 0 aliphatic heterocycles. The Hall–Kier alpha value is 0.760. The number of nitrogens with one attached hydrogen (secondary N) is 2. The van der Waals surface area contributed by atoms with Crippen molar-refractivity contribution in [1.82, 2.24) is 0 Å². The van der Waals surface area contributed by atoms with E-state index in [4.69, 9.17) is 0 Å². The summed E-state index contributed by atoms with van der Waals surface area (Å²) in [6, 6.07) is 0. The molecule has 11 heavy (non-hydrogen) atoms. The summed E-state index contributed by atoms with van der Waals surface area (Å²) < 4.78 is 2.61. The molecule has 0 saturated heterocycles. The van der Waals surface area contributed by atoms with Crippen molar-refractivity contribution in [2.24, 2.45) is 0 Å². The molecule has 2 nitrogen and oxygen atoms in total. The van der Waals surface area contributed by atoms with Gasteiger partial charge in [-0.2, -0.15) is 0 Å². The normalized spacial score (nSPS) is 9.82. The maximum absolute atomic E-state index is 3.17. The first-order valence-electron chi connectivity index (χ1n) is 3.04. The topological polar surface area (TPSA) is 24.1 Å². The Labute approximate surface area is 97.4 Å². The minimum atomic E-state index is 1.21. The predicted octanol–water partition coefficient (Wildman–Crippen LogP) is 3.04. The van der Waals surface area contributed by atoms with Crippen LogP contribution in [0.3, 0.4) is 0 Å². The van der Waals surface area contributed by atoms with Gasteiger partial charge in [-0.1, -0.05) is 0 Å². The SMILES string of the molecule is CNc1c(I)sc(I)c1NC. The molecule has 0 fully saturated rings. The summed E-state index contributed by atoms with van der Waals surface area (Å²) in [6.07, 6.45) is 0. The van der Waals surface area contributed by atoms with Gasteiger partial charge in [0.05, 0.1) is 17.1 Å². The van der Waals surface area contributed by atoms with E-state index < -0.39 is 0 Å². The van der Waals surface area contributed by atoms with Crippen LogP contribution < -0.4 is 10.6 Å². The standard InChI is InChI=1S/C6H8I2N2S/c1-9-3-4(10-2)6(8)11-5(3)7/h9-10H,1-2H3. The van der Waals surface area contributed by atoms with Crippen LogP contribution in [-0.2, 0) is 0 Å². The van der Waals surface area contributed by atoms with Crippen LogP contribution in [0.2, 0.25) is 0 Å². The van der Waals surface area contributed by atoms with Gasteiger partial charge in [-0.25, -0.2) is 0 Å². The predicted molar refractivity (Wildman–Crippen MR) is 68.8 cm³/mol. The van der Waals surface area contributed by atoms with Crippen LogP contribution in [0, 0.1) is 5.77 Å². The van der Waals surface area contributed by atoms with Crippen LogP contribution in [0.4, 0.5) is 11.4 Å². The summed E-state index contributed by atoms with van der Waals surface area (Å²) in [5, 5.41) is 6.34. The van der Waals surface area contributed by atoms with Gasteiger partial charge >= 0.3 is 0 Å². The molecular weight excluding hydrogens is 386 g/mol. The second-order valence-electron chi connectivity index (χ2n) is 1.90. The van der Waals surface area contributed by atoms with Crippen LogP contribution in [0.5, 0.6) is 0 Å². The van der Waals surface area contributed by atoms with E-state index in [2.05, 4.69) is 55.8 Å². The molecule has 0 aromatic carbocycles. The third-order valence-corrected chi connectivity index (χ3v) is 4.49. The molecule has 0 atom stereocenters. The van der Waals surface area contributed by atoms with Gasteiger partial charge in [0.1, 0.15) is 0 Å². The smallest absolute Gasteiger partial charge is 0.0917 e. The average molecular weight is 394 g/mol. The number of rotatable bonds is 2. The highest BCUT2D eigenvalue weighted by molar-refractivity contribution is 14.1. The lowest BCUT2D eigenvalue weighted by molar-refractivity contribution is 1.48. The molecule has 0 spiro atoms. The Morgan fingerprint density at radius 3 is 1.64 bits per heavy atom. The highest BCUT2D eigenvalue weighted by Crippen LogP contribution is 2.38. The van der Waals surface area contributed by atoms with Crippen LogP contribution in [0.15, 0.2) is 0 Å². The van der Waals surface area contributed by atoms with Gasteiger partial charge in [0, 0.05) is 14.1 Å². The van der Waals surface area contributed by atoms with Gasteiger partial charge in [-0.15, -0.1) is 11.3 Å². The quantitative estimate of drug-likeness (QED) is 0.754. The molecule has 62 valence electrons. The molecule has 0 bridgehead atoms. The van der Waals surface area contributed by atoms with E-state index in [-0.39, 0.29) is 0 Å². The van der Waals surface area contributed by atoms with Gasteiger partial charge in [-0.05, 0) is 45.2 Å². The minimum absolute atomic E-state index is 1.21. The molecule has 0 aliphatic rings. The second kappa shape index (κ2) is 4.13. The Morgan fingerprint density at radius 1 is 1.00 bits per heavy atom. The van der Waals surface area contributed by atoms with Crippen molar-refractivity contribution in [3.8, 4) is 0 Å². The average Bonchev–Trinajstić information content (AvgIpc) is 2.24. The van der Waals surface area contributed by atoms with Crippen molar-refractivity contribution in [1.29, 1.82) is 0 Å². The zero-order valence-corrected chi connectivity index (χ0v) is 11.3. The number of hydrogen-bond donors (Lipinski definition) is 2. The fourth-order valence-corrected chi connectivity index (χ4v) is 5.26. The van der Waals surface area contributed by atoms with E-state index in [1.165, 1.54) is 17.1 Å². The number of anilines is 2. The van der Waals surface area contributed by atoms with Crippen molar-refractivity contribution < 1.29 is 0 Å². The summed E-state index contributed by atoms with van der Waals surface area (Å²) in [5.74, 6) is 0. The Kier molecular flexibility index (Phi) is 3.69. The van der Waals surface area contributed by atoms with Gasteiger partial charge in [0.25, 0.3) is 0 Å². The first kappa shape index (κ1) is 9.85. The molecule has 0 aliphatic carbocycles. The number of hydrogen-bond acceptors (Lipinski definition) is 3. The van der Waals surface area contributed by atoms with Crippen LogP contribution >= 0.6 is 56.5 Å². The number of thiophene rings is 1.